The number of ether oxygens (including phenoxy) is 1. The molecule has 1 aliphatic rings. The fourth-order valence-electron chi connectivity index (χ4n) is 3.23. The monoisotopic (exact) mass is 478 g/mol. The van der Waals surface area contributed by atoms with Crippen molar-refractivity contribution < 1.29 is 9.53 Å². The third-order valence-electron chi connectivity index (χ3n) is 4.84. The van der Waals surface area contributed by atoms with Gasteiger partial charge in [-0.3, -0.25) is 28.2 Å². The van der Waals surface area contributed by atoms with Crippen LogP contribution < -0.4 is 11.1 Å². The summed E-state index contributed by atoms with van der Waals surface area (Å²) in [7, 11) is 1.47. The lowest BCUT2D eigenvalue weighted by atomic mass is 10.3. The standard InChI is InChI=1S/C17H19BrN8O4/c1-23-15-14(19-8-12(18)20-15)26(17(29)16(23)28)10-11-9-25(22-21-11)3-2-13(27)24-4-6-30-7-5-24/h8-9H,2-7,10H2,1H3. The summed E-state index contributed by atoms with van der Waals surface area (Å²) in [5, 5.41) is 8.08. The molecule has 0 spiro atoms. The Hall–Kier alpha value is -2.93. The summed E-state index contributed by atoms with van der Waals surface area (Å²) in [5.41, 5.74) is -0.424. The largest absolute Gasteiger partial charge is 0.378 e. The van der Waals surface area contributed by atoms with Crippen LogP contribution in [0, 0.1) is 0 Å². The van der Waals surface area contributed by atoms with Gasteiger partial charge in [-0.1, -0.05) is 5.21 Å². The van der Waals surface area contributed by atoms with Crippen LogP contribution in [0.15, 0.2) is 26.6 Å². The van der Waals surface area contributed by atoms with Crippen molar-refractivity contribution in [1.29, 1.82) is 0 Å². The number of aryl methyl sites for hydroxylation is 2. The van der Waals surface area contributed by atoms with Crippen molar-refractivity contribution >= 4 is 33.1 Å². The number of morpholine rings is 1. The first-order chi connectivity index (χ1) is 14.4. The first-order valence-corrected chi connectivity index (χ1v) is 10.1. The predicted molar refractivity (Wildman–Crippen MR) is 108 cm³/mol. The van der Waals surface area contributed by atoms with E-state index in [-0.39, 0.29) is 30.2 Å². The molecule has 1 amide bonds. The molecule has 0 unspecified atom stereocenters. The highest BCUT2D eigenvalue weighted by Gasteiger charge is 2.18. The van der Waals surface area contributed by atoms with Crippen molar-refractivity contribution in [1.82, 2.24) is 39.0 Å². The Kier molecular flexibility index (Phi) is 5.72. The minimum atomic E-state index is -0.723. The number of rotatable bonds is 5. The zero-order chi connectivity index (χ0) is 21.3. The molecular formula is C17H19BrN8O4. The molecule has 13 heteroatoms. The normalized spacial score (nSPS) is 14.4. The Morgan fingerprint density at radius 1 is 1.20 bits per heavy atom. The summed E-state index contributed by atoms with van der Waals surface area (Å²) in [5.74, 6) is 0.0324. The number of carbonyl (C=O) groups excluding carboxylic acids is 1. The fraction of sp³-hybridized carbons (Fsp3) is 0.471. The number of carbonyl (C=O) groups is 1. The van der Waals surface area contributed by atoms with Gasteiger partial charge in [0.15, 0.2) is 11.3 Å². The lowest BCUT2D eigenvalue weighted by Crippen LogP contribution is -2.41. The zero-order valence-corrected chi connectivity index (χ0v) is 17.8. The predicted octanol–water partition coefficient (Wildman–Crippen LogP) is -0.859. The molecule has 0 N–H and O–H groups in total. The minimum Gasteiger partial charge on any atom is -0.378 e. The minimum absolute atomic E-state index is 0.0130. The topological polar surface area (TPSA) is 130 Å². The van der Waals surface area contributed by atoms with Gasteiger partial charge in [-0.15, -0.1) is 5.10 Å². The van der Waals surface area contributed by atoms with Crippen LogP contribution in [-0.2, 0) is 29.7 Å². The third kappa shape index (κ3) is 4.03. The average molecular weight is 479 g/mol. The van der Waals surface area contributed by atoms with E-state index < -0.39 is 11.1 Å². The fourth-order valence-corrected chi connectivity index (χ4v) is 3.50. The second kappa shape index (κ2) is 8.44. The summed E-state index contributed by atoms with van der Waals surface area (Å²) in [6.07, 6.45) is 3.39. The van der Waals surface area contributed by atoms with Gasteiger partial charge >= 0.3 is 11.1 Å². The number of halogens is 1. The molecule has 0 aromatic carbocycles. The van der Waals surface area contributed by atoms with Gasteiger partial charge in [0.2, 0.25) is 5.91 Å². The maximum absolute atomic E-state index is 12.5. The zero-order valence-electron chi connectivity index (χ0n) is 16.2. The molecule has 12 nitrogen and oxygen atoms in total. The molecule has 0 atom stereocenters. The van der Waals surface area contributed by atoms with Crippen molar-refractivity contribution in [2.75, 3.05) is 26.3 Å². The number of hydrogen-bond donors (Lipinski definition) is 0. The number of nitrogens with zero attached hydrogens (tertiary/aromatic N) is 8. The quantitative estimate of drug-likeness (QED) is 0.433. The molecule has 1 aliphatic heterocycles. The van der Waals surface area contributed by atoms with Gasteiger partial charge in [0, 0.05) is 26.6 Å². The van der Waals surface area contributed by atoms with E-state index in [1.807, 2.05) is 0 Å². The number of aromatic nitrogens is 7. The SMILES string of the molecule is Cn1c(=O)c(=O)n(Cc2cn(CCC(=O)N3CCOCC3)nn2)c2ncc(Br)nc21. The first-order valence-electron chi connectivity index (χ1n) is 9.30. The highest BCUT2D eigenvalue weighted by atomic mass is 79.9. The third-order valence-corrected chi connectivity index (χ3v) is 5.22. The second-order valence-corrected chi connectivity index (χ2v) is 7.62. The maximum atomic E-state index is 12.5. The van der Waals surface area contributed by atoms with Crippen LogP contribution in [0.25, 0.3) is 11.3 Å². The molecule has 3 aromatic rings. The van der Waals surface area contributed by atoms with Crippen LogP contribution in [0.1, 0.15) is 12.1 Å². The molecule has 1 saturated heterocycles. The molecule has 0 aliphatic carbocycles. The molecule has 0 radical (unpaired) electrons. The Bertz CT molecular complexity index is 1210. The van der Waals surface area contributed by atoms with Crippen LogP contribution >= 0.6 is 15.9 Å². The molecule has 30 heavy (non-hydrogen) atoms. The van der Waals surface area contributed by atoms with Crippen molar-refractivity contribution in [3.8, 4) is 0 Å². The summed E-state index contributed by atoms with van der Waals surface area (Å²) in [4.78, 5) is 47.3. The van der Waals surface area contributed by atoms with E-state index in [2.05, 4.69) is 36.2 Å². The van der Waals surface area contributed by atoms with Gasteiger partial charge in [-0.05, 0) is 15.9 Å². The molecular weight excluding hydrogens is 460 g/mol. The number of amides is 1. The van der Waals surface area contributed by atoms with Gasteiger partial charge in [0.1, 0.15) is 10.3 Å². The van der Waals surface area contributed by atoms with Crippen LogP contribution in [0.3, 0.4) is 0 Å². The van der Waals surface area contributed by atoms with Crippen molar-refractivity contribution in [2.45, 2.75) is 19.5 Å². The van der Waals surface area contributed by atoms with E-state index in [0.29, 0.717) is 43.1 Å². The summed E-state index contributed by atoms with van der Waals surface area (Å²) in [6.45, 7) is 2.67. The number of hydrogen-bond acceptors (Lipinski definition) is 8. The van der Waals surface area contributed by atoms with Crippen LogP contribution in [-0.4, -0.2) is 71.2 Å². The van der Waals surface area contributed by atoms with Gasteiger partial charge in [-0.25, -0.2) is 9.97 Å². The van der Waals surface area contributed by atoms with Crippen molar-refractivity contribution in [2.24, 2.45) is 7.05 Å². The summed E-state index contributed by atoms with van der Waals surface area (Å²) >= 11 is 3.22. The lowest BCUT2D eigenvalue weighted by molar-refractivity contribution is -0.135. The second-order valence-electron chi connectivity index (χ2n) is 6.81. The Morgan fingerprint density at radius 2 is 1.97 bits per heavy atom. The van der Waals surface area contributed by atoms with Crippen molar-refractivity contribution in [3.05, 3.63) is 43.4 Å². The van der Waals surface area contributed by atoms with E-state index >= 15 is 0 Å². The average Bonchev–Trinajstić information content (AvgIpc) is 3.21. The lowest BCUT2D eigenvalue weighted by Gasteiger charge is -2.26. The van der Waals surface area contributed by atoms with Crippen LogP contribution in [0.4, 0.5) is 0 Å². The highest BCUT2D eigenvalue weighted by Crippen LogP contribution is 2.11. The molecule has 0 saturated carbocycles. The Morgan fingerprint density at radius 3 is 2.73 bits per heavy atom. The van der Waals surface area contributed by atoms with E-state index in [4.69, 9.17) is 4.74 Å². The van der Waals surface area contributed by atoms with Gasteiger partial charge in [0.25, 0.3) is 0 Å². The van der Waals surface area contributed by atoms with Crippen LogP contribution in [0.5, 0.6) is 0 Å². The van der Waals surface area contributed by atoms with Crippen molar-refractivity contribution in [3.63, 3.8) is 0 Å². The summed E-state index contributed by atoms with van der Waals surface area (Å²) in [6, 6.07) is 0. The summed E-state index contributed by atoms with van der Waals surface area (Å²) < 4.78 is 9.64. The molecule has 4 heterocycles. The van der Waals surface area contributed by atoms with Crippen LogP contribution in [0.2, 0.25) is 0 Å². The maximum Gasteiger partial charge on any atom is 0.318 e. The molecule has 0 bridgehead atoms. The molecule has 1 fully saturated rings. The Balaban J connectivity index is 1.53. The molecule has 158 valence electrons. The van der Waals surface area contributed by atoms with E-state index in [1.165, 1.54) is 22.4 Å². The van der Waals surface area contributed by atoms with Gasteiger partial charge in [0.05, 0.1) is 38.7 Å². The first kappa shape index (κ1) is 20.3. The van der Waals surface area contributed by atoms with E-state index in [9.17, 15) is 14.4 Å². The highest BCUT2D eigenvalue weighted by molar-refractivity contribution is 9.10. The molecule has 4 rings (SSSR count). The van der Waals surface area contributed by atoms with E-state index in [1.54, 1.807) is 15.8 Å². The Labute approximate surface area is 178 Å². The molecule has 3 aromatic heterocycles. The van der Waals surface area contributed by atoms with E-state index in [0.717, 1.165) is 0 Å². The smallest absolute Gasteiger partial charge is 0.318 e. The number of fused-ring (bicyclic) bond motifs is 1. The van der Waals surface area contributed by atoms with Gasteiger partial charge < -0.3 is 9.64 Å². The van der Waals surface area contributed by atoms with Gasteiger partial charge in [-0.2, -0.15) is 0 Å².